The van der Waals surface area contributed by atoms with Crippen molar-refractivity contribution in [3.05, 3.63) is 35.5 Å². The van der Waals surface area contributed by atoms with Gasteiger partial charge in [0.15, 0.2) is 0 Å². The second-order valence-electron chi connectivity index (χ2n) is 4.18. The van der Waals surface area contributed by atoms with E-state index in [4.69, 9.17) is 5.84 Å². The van der Waals surface area contributed by atoms with E-state index in [0.29, 0.717) is 5.69 Å². The van der Waals surface area contributed by atoms with Crippen LogP contribution in [0.3, 0.4) is 0 Å². The van der Waals surface area contributed by atoms with E-state index >= 15 is 0 Å². The number of hydrazine groups is 1. The first-order valence-corrected chi connectivity index (χ1v) is 5.29. The van der Waals surface area contributed by atoms with Crippen molar-refractivity contribution in [1.82, 2.24) is 4.98 Å². The van der Waals surface area contributed by atoms with Gasteiger partial charge in [0.2, 0.25) is 0 Å². The molecule has 2 aromatic rings. The van der Waals surface area contributed by atoms with Crippen molar-refractivity contribution in [1.29, 1.82) is 0 Å². The predicted molar refractivity (Wildman–Crippen MR) is 63.6 cm³/mol. The van der Waals surface area contributed by atoms with E-state index in [1.54, 1.807) is 6.07 Å². The van der Waals surface area contributed by atoms with Crippen LogP contribution in [0.2, 0.25) is 0 Å². The van der Waals surface area contributed by atoms with Crippen molar-refractivity contribution < 1.29 is 8.78 Å². The van der Waals surface area contributed by atoms with Crippen molar-refractivity contribution in [2.75, 3.05) is 5.43 Å². The van der Waals surface area contributed by atoms with E-state index in [0.717, 1.165) is 11.8 Å². The minimum Gasteiger partial charge on any atom is -0.323 e. The highest BCUT2D eigenvalue weighted by atomic mass is 19.1. The number of benzene rings is 1. The lowest BCUT2D eigenvalue weighted by atomic mass is 10.1. The van der Waals surface area contributed by atoms with E-state index in [-0.39, 0.29) is 16.8 Å². The average Bonchev–Trinajstić information content (AvgIpc) is 2.26. The number of anilines is 1. The fourth-order valence-electron chi connectivity index (χ4n) is 1.72. The highest BCUT2D eigenvalue weighted by Gasteiger charge is 2.13. The molecule has 0 bridgehead atoms. The van der Waals surface area contributed by atoms with Crippen molar-refractivity contribution in [3.8, 4) is 0 Å². The molecular formula is C12H13F2N3. The summed E-state index contributed by atoms with van der Waals surface area (Å²) in [7, 11) is 0. The zero-order valence-electron chi connectivity index (χ0n) is 9.59. The summed E-state index contributed by atoms with van der Waals surface area (Å²) in [6.45, 7) is 3.90. The SMILES string of the molecule is CC(C)c1cc(NN)c2c(F)cc(F)cc2n1. The van der Waals surface area contributed by atoms with Gasteiger partial charge in [0.1, 0.15) is 11.6 Å². The van der Waals surface area contributed by atoms with Crippen molar-refractivity contribution >= 4 is 16.6 Å². The largest absolute Gasteiger partial charge is 0.323 e. The van der Waals surface area contributed by atoms with Crippen LogP contribution in [0.4, 0.5) is 14.5 Å². The highest BCUT2D eigenvalue weighted by molar-refractivity contribution is 5.91. The second kappa shape index (κ2) is 4.25. The number of fused-ring (bicyclic) bond motifs is 1. The molecule has 3 nitrogen and oxygen atoms in total. The van der Waals surface area contributed by atoms with Gasteiger partial charge < -0.3 is 5.43 Å². The summed E-state index contributed by atoms with van der Waals surface area (Å²) < 4.78 is 26.8. The summed E-state index contributed by atoms with van der Waals surface area (Å²) in [5.74, 6) is 4.19. The van der Waals surface area contributed by atoms with Gasteiger partial charge in [-0.1, -0.05) is 13.8 Å². The first-order chi connectivity index (χ1) is 8.02. The zero-order chi connectivity index (χ0) is 12.6. The Hall–Kier alpha value is -1.75. The maximum Gasteiger partial charge on any atom is 0.137 e. The molecule has 0 fully saturated rings. The normalized spacial score (nSPS) is 11.2. The topological polar surface area (TPSA) is 50.9 Å². The van der Waals surface area contributed by atoms with Crippen molar-refractivity contribution in [2.45, 2.75) is 19.8 Å². The van der Waals surface area contributed by atoms with Gasteiger partial charge in [-0.25, -0.2) is 8.78 Å². The van der Waals surface area contributed by atoms with E-state index in [1.165, 1.54) is 6.07 Å². The van der Waals surface area contributed by atoms with Crippen LogP contribution >= 0.6 is 0 Å². The molecule has 2 rings (SSSR count). The summed E-state index contributed by atoms with van der Waals surface area (Å²) in [5, 5.41) is 0.207. The lowest BCUT2D eigenvalue weighted by Gasteiger charge is -2.11. The second-order valence-corrected chi connectivity index (χ2v) is 4.18. The molecule has 0 radical (unpaired) electrons. The Labute approximate surface area is 97.6 Å². The number of rotatable bonds is 2. The molecule has 0 unspecified atom stereocenters. The molecule has 1 heterocycles. The summed E-state index contributed by atoms with van der Waals surface area (Å²) in [6, 6.07) is 3.69. The molecule has 0 aliphatic rings. The summed E-state index contributed by atoms with van der Waals surface area (Å²) in [5.41, 5.74) is 3.83. The number of hydrogen-bond donors (Lipinski definition) is 2. The van der Waals surface area contributed by atoms with Crippen molar-refractivity contribution in [3.63, 3.8) is 0 Å². The number of halogens is 2. The minimum atomic E-state index is -0.671. The smallest absolute Gasteiger partial charge is 0.137 e. The molecule has 1 aromatic carbocycles. The molecular weight excluding hydrogens is 224 g/mol. The maximum absolute atomic E-state index is 13.7. The lowest BCUT2D eigenvalue weighted by molar-refractivity contribution is 0.591. The van der Waals surface area contributed by atoms with Gasteiger partial charge in [0, 0.05) is 17.8 Å². The standard InChI is InChI=1S/C12H13F2N3/c1-6(2)9-5-11(17-15)12-8(14)3-7(13)4-10(12)16-9/h3-6H,15H2,1-2H3,(H,16,17). The van der Waals surface area contributed by atoms with Crippen LogP contribution in [-0.2, 0) is 0 Å². The number of nitrogens with two attached hydrogens (primary N) is 1. The molecule has 0 spiro atoms. The van der Waals surface area contributed by atoms with Crippen LogP contribution < -0.4 is 11.3 Å². The third kappa shape index (κ3) is 2.06. The summed E-state index contributed by atoms with van der Waals surface area (Å²) in [6.07, 6.45) is 0. The molecule has 0 aliphatic carbocycles. The first kappa shape index (κ1) is 11.7. The Morgan fingerprint density at radius 2 is 1.94 bits per heavy atom. The number of hydrogen-bond acceptors (Lipinski definition) is 3. The molecule has 0 aliphatic heterocycles. The Morgan fingerprint density at radius 3 is 2.53 bits per heavy atom. The number of nitrogens with zero attached hydrogens (tertiary/aromatic N) is 1. The fraction of sp³-hybridized carbons (Fsp3) is 0.250. The first-order valence-electron chi connectivity index (χ1n) is 5.29. The molecule has 0 amide bonds. The lowest BCUT2D eigenvalue weighted by Crippen LogP contribution is -2.09. The number of aromatic nitrogens is 1. The van der Waals surface area contributed by atoms with Gasteiger partial charge in [0.25, 0.3) is 0 Å². The van der Waals surface area contributed by atoms with Gasteiger partial charge >= 0.3 is 0 Å². The highest BCUT2D eigenvalue weighted by Crippen LogP contribution is 2.28. The molecule has 0 atom stereocenters. The Balaban J connectivity index is 2.82. The molecule has 3 N–H and O–H groups in total. The van der Waals surface area contributed by atoms with Gasteiger partial charge in [-0.2, -0.15) is 0 Å². The van der Waals surface area contributed by atoms with Crippen LogP contribution in [0.5, 0.6) is 0 Å². The number of pyridine rings is 1. The average molecular weight is 237 g/mol. The van der Waals surface area contributed by atoms with Crippen LogP contribution in [0.15, 0.2) is 18.2 Å². The number of nitrogen functional groups attached to an aromatic ring is 1. The predicted octanol–water partition coefficient (Wildman–Crippen LogP) is 2.92. The summed E-state index contributed by atoms with van der Waals surface area (Å²) >= 11 is 0. The van der Waals surface area contributed by atoms with Gasteiger partial charge in [-0.3, -0.25) is 10.8 Å². The molecule has 90 valence electrons. The Bertz CT molecular complexity index is 567. The number of nitrogens with one attached hydrogen (secondary N) is 1. The van der Waals surface area contributed by atoms with E-state index in [2.05, 4.69) is 10.4 Å². The van der Waals surface area contributed by atoms with Crippen LogP contribution in [0.25, 0.3) is 10.9 Å². The monoisotopic (exact) mass is 237 g/mol. The summed E-state index contributed by atoms with van der Waals surface area (Å²) in [4.78, 5) is 4.23. The Kier molecular flexibility index (Phi) is 2.93. The molecule has 5 heteroatoms. The van der Waals surface area contributed by atoms with Crippen LogP contribution in [0, 0.1) is 11.6 Å². The van der Waals surface area contributed by atoms with Crippen LogP contribution in [0.1, 0.15) is 25.5 Å². The van der Waals surface area contributed by atoms with E-state index < -0.39 is 11.6 Å². The van der Waals surface area contributed by atoms with Crippen molar-refractivity contribution in [2.24, 2.45) is 5.84 Å². The van der Waals surface area contributed by atoms with E-state index in [1.807, 2.05) is 13.8 Å². The van der Waals surface area contributed by atoms with Gasteiger partial charge in [0.05, 0.1) is 16.6 Å². The molecule has 0 saturated heterocycles. The van der Waals surface area contributed by atoms with Gasteiger partial charge in [-0.15, -0.1) is 0 Å². The van der Waals surface area contributed by atoms with E-state index in [9.17, 15) is 8.78 Å². The van der Waals surface area contributed by atoms with Crippen LogP contribution in [-0.4, -0.2) is 4.98 Å². The molecule has 17 heavy (non-hydrogen) atoms. The maximum atomic E-state index is 13.7. The molecule has 1 aromatic heterocycles. The molecule has 0 saturated carbocycles. The quantitative estimate of drug-likeness (QED) is 0.623. The zero-order valence-corrected chi connectivity index (χ0v) is 9.59. The fourth-order valence-corrected chi connectivity index (χ4v) is 1.72. The third-order valence-corrected chi connectivity index (χ3v) is 2.59. The van der Waals surface area contributed by atoms with Gasteiger partial charge in [-0.05, 0) is 12.0 Å². The minimum absolute atomic E-state index is 0.151. The Morgan fingerprint density at radius 1 is 1.24 bits per heavy atom. The third-order valence-electron chi connectivity index (χ3n) is 2.59.